The Bertz CT molecular complexity index is 1270. The van der Waals surface area contributed by atoms with Crippen molar-refractivity contribution in [1.29, 1.82) is 0 Å². The first-order chi connectivity index (χ1) is 15.4. The molecule has 3 aromatic rings. The topological polar surface area (TPSA) is 114 Å². The Morgan fingerprint density at radius 2 is 1.69 bits per heavy atom. The van der Waals surface area contributed by atoms with Crippen molar-refractivity contribution >= 4 is 21.1 Å². The summed E-state index contributed by atoms with van der Waals surface area (Å²) in [6.45, 7) is 2.37. The van der Waals surface area contributed by atoms with Crippen molar-refractivity contribution in [1.82, 2.24) is 14.2 Å². The minimum atomic E-state index is -3.70. The van der Waals surface area contributed by atoms with Gasteiger partial charge in [-0.3, -0.25) is 9.88 Å². The fourth-order valence-electron chi connectivity index (χ4n) is 3.89. The van der Waals surface area contributed by atoms with Gasteiger partial charge in [-0.15, -0.1) is 0 Å². The third-order valence-electron chi connectivity index (χ3n) is 5.54. The van der Waals surface area contributed by atoms with E-state index in [2.05, 4.69) is 9.88 Å². The molecule has 1 aromatic heterocycles. The van der Waals surface area contributed by atoms with E-state index in [1.165, 1.54) is 22.5 Å². The van der Waals surface area contributed by atoms with Gasteiger partial charge in [-0.25, -0.2) is 13.2 Å². The zero-order valence-electron chi connectivity index (χ0n) is 18.1. The van der Waals surface area contributed by atoms with E-state index in [4.69, 9.17) is 18.6 Å². The van der Waals surface area contributed by atoms with Crippen molar-refractivity contribution in [2.24, 2.45) is 0 Å². The van der Waals surface area contributed by atoms with Crippen LogP contribution in [0.25, 0.3) is 11.1 Å². The maximum atomic E-state index is 13.1. The number of methoxy groups -OCH3 is 3. The molecule has 0 aliphatic carbocycles. The number of piperazine rings is 1. The molecular formula is C21H25N3O7S. The van der Waals surface area contributed by atoms with E-state index in [0.717, 1.165) is 5.56 Å². The second kappa shape index (κ2) is 8.85. The van der Waals surface area contributed by atoms with Gasteiger partial charge in [-0.05, 0) is 18.2 Å². The molecule has 4 rings (SSSR count). The number of sulfonamides is 1. The Labute approximate surface area is 185 Å². The van der Waals surface area contributed by atoms with Crippen molar-refractivity contribution in [3.63, 3.8) is 0 Å². The lowest BCUT2D eigenvalue weighted by molar-refractivity contribution is 0.179. The van der Waals surface area contributed by atoms with Crippen LogP contribution in [0.15, 0.2) is 44.4 Å². The SMILES string of the molecule is COc1ccc(CN2CCN(S(=O)(=O)c3ccc4[nH]c(=O)oc4c3)CC2)c(OC)c1OC. The van der Waals surface area contributed by atoms with E-state index in [1.807, 2.05) is 12.1 Å². The number of nitrogens with one attached hydrogen (secondary N) is 1. The quantitative estimate of drug-likeness (QED) is 0.563. The first-order valence-corrected chi connectivity index (χ1v) is 11.4. The highest BCUT2D eigenvalue weighted by molar-refractivity contribution is 7.89. The van der Waals surface area contributed by atoms with Gasteiger partial charge in [0.05, 0.1) is 31.7 Å². The summed E-state index contributed by atoms with van der Waals surface area (Å²) in [5.74, 6) is 1.09. The van der Waals surface area contributed by atoms with Crippen LogP contribution in [-0.2, 0) is 16.6 Å². The van der Waals surface area contributed by atoms with E-state index in [1.54, 1.807) is 21.3 Å². The summed E-state index contributed by atoms with van der Waals surface area (Å²) in [4.78, 5) is 16.1. The first kappa shape index (κ1) is 22.2. The van der Waals surface area contributed by atoms with Crippen LogP contribution in [0.3, 0.4) is 0 Å². The van der Waals surface area contributed by atoms with Crippen molar-refractivity contribution in [3.05, 3.63) is 46.4 Å². The van der Waals surface area contributed by atoms with Crippen LogP contribution in [0.5, 0.6) is 17.2 Å². The molecule has 1 aliphatic heterocycles. The molecule has 1 N–H and O–H groups in total. The summed E-state index contributed by atoms with van der Waals surface area (Å²) >= 11 is 0. The number of ether oxygens (including phenoxy) is 3. The molecule has 1 aliphatic rings. The number of hydrogen-bond donors (Lipinski definition) is 1. The van der Waals surface area contributed by atoms with Gasteiger partial charge in [0.25, 0.3) is 0 Å². The summed E-state index contributed by atoms with van der Waals surface area (Å²) < 4.78 is 48.9. The van der Waals surface area contributed by atoms with Crippen LogP contribution in [-0.4, -0.2) is 70.1 Å². The summed E-state index contributed by atoms with van der Waals surface area (Å²) in [5, 5.41) is 0. The number of fused-ring (bicyclic) bond motifs is 1. The molecule has 1 saturated heterocycles. The number of aromatic amines is 1. The molecule has 10 nitrogen and oxygen atoms in total. The molecule has 0 bridgehead atoms. The van der Waals surface area contributed by atoms with Crippen molar-refractivity contribution in [3.8, 4) is 17.2 Å². The first-order valence-electron chi connectivity index (χ1n) is 10.0. The van der Waals surface area contributed by atoms with E-state index in [0.29, 0.717) is 55.5 Å². The van der Waals surface area contributed by atoms with Crippen LogP contribution in [0.2, 0.25) is 0 Å². The maximum absolute atomic E-state index is 13.1. The minimum Gasteiger partial charge on any atom is -0.493 e. The molecule has 0 amide bonds. The average molecular weight is 464 g/mol. The predicted molar refractivity (Wildman–Crippen MR) is 117 cm³/mol. The summed E-state index contributed by atoms with van der Waals surface area (Å²) in [6, 6.07) is 8.14. The normalized spacial score (nSPS) is 15.7. The lowest BCUT2D eigenvalue weighted by atomic mass is 10.1. The number of aromatic nitrogens is 1. The third kappa shape index (κ3) is 4.06. The number of nitrogens with zero attached hydrogens (tertiary/aromatic N) is 2. The predicted octanol–water partition coefficient (Wildman–Crippen LogP) is 1.65. The lowest BCUT2D eigenvalue weighted by Gasteiger charge is -2.34. The number of rotatable bonds is 7. The fraction of sp³-hybridized carbons (Fsp3) is 0.381. The van der Waals surface area contributed by atoms with E-state index < -0.39 is 15.8 Å². The van der Waals surface area contributed by atoms with Gasteiger partial charge in [0.2, 0.25) is 15.8 Å². The summed E-state index contributed by atoms with van der Waals surface area (Å²) in [6.07, 6.45) is 0. The molecule has 32 heavy (non-hydrogen) atoms. The van der Waals surface area contributed by atoms with Crippen LogP contribution in [0, 0.1) is 0 Å². The van der Waals surface area contributed by atoms with Gasteiger partial charge in [-0.1, -0.05) is 6.07 Å². The molecule has 1 fully saturated rings. The van der Waals surface area contributed by atoms with Crippen LogP contribution >= 0.6 is 0 Å². The lowest BCUT2D eigenvalue weighted by Crippen LogP contribution is -2.48. The molecule has 0 spiro atoms. The van der Waals surface area contributed by atoms with Gasteiger partial charge in [0.1, 0.15) is 0 Å². The highest BCUT2D eigenvalue weighted by Crippen LogP contribution is 2.40. The monoisotopic (exact) mass is 463 g/mol. The highest BCUT2D eigenvalue weighted by Gasteiger charge is 2.29. The summed E-state index contributed by atoms with van der Waals surface area (Å²) in [5.41, 5.74) is 1.60. The van der Waals surface area contributed by atoms with Crippen molar-refractivity contribution in [2.75, 3.05) is 47.5 Å². The molecule has 2 heterocycles. The largest absolute Gasteiger partial charge is 0.493 e. The van der Waals surface area contributed by atoms with Crippen LogP contribution in [0.1, 0.15) is 5.56 Å². The molecule has 11 heteroatoms. The highest BCUT2D eigenvalue weighted by atomic mass is 32.2. The van der Waals surface area contributed by atoms with Gasteiger partial charge in [0, 0.05) is 44.4 Å². The Morgan fingerprint density at radius 1 is 0.969 bits per heavy atom. The van der Waals surface area contributed by atoms with Gasteiger partial charge in [0.15, 0.2) is 17.1 Å². The van der Waals surface area contributed by atoms with E-state index in [-0.39, 0.29) is 10.5 Å². The Morgan fingerprint density at radius 3 is 2.34 bits per heavy atom. The Kier molecular flexibility index (Phi) is 6.13. The van der Waals surface area contributed by atoms with Crippen LogP contribution < -0.4 is 20.0 Å². The second-order valence-corrected chi connectivity index (χ2v) is 9.28. The summed E-state index contributed by atoms with van der Waals surface area (Å²) in [7, 11) is 1.00. The molecule has 0 radical (unpaired) electrons. The minimum absolute atomic E-state index is 0.0998. The van der Waals surface area contributed by atoms with Crippen LogP contribution in [0.4, 0.5) is 0 Å². The average Bonchev–Trinajstić information content (AvgIpc) is 3.18. The molecular weight excluding hydrogens is 438 g/mol. The van der Waals surface area contributed by atoms with E-state index >= 15 is 0 Å². The molecule has 0 saturated carbocycles. The third-order valence-corrected chi connectivity index (χ3v) is 7.44. The van der Waals surface area contributed by atoms with Gasteiger partial charge in [-0.2, -0.15) is 4.31 Å². The maximum Gasteiger partial charge on any atom is 0.417 e. The zero-order valence-corrected chi connectivity index (χ0v) is 18.9. The molecule has 172 valence electrons. The number of oxazole rings is 1. The van der Waals surface area contributed by atoms with Gasteiger partial charge >= 0.3 is 5.76 Å². The Hall–Kier alpha value is -3.02. The molecule has 0 unspecified atom stereocenters. The van der Waals surface area contributed by atoms with Crippen molar-refractivity contribution < 1.29 is 27.0 Å². The van der Waals surface area contributed by atoms with E-state index in [9.17, 15) is 13.2 Å². The Balaban J connectivity index is 1.47. The zero-order chi connectivity index (χ0) is 22.9. The van der Waals surface area contributed by atoms with Gasteiger partial charge < -0.3 is 18.6 Å². The fourth-order valence-corrected chi connectivity index (χ4v) is 5.33. The molecule has 0 atom stereocenters. The number of H-pyrrole nitrogens is 1. The number of benzene rings is 2. The second-order valence-electron chi connectivity index (χ2n) is 7.35. The molecule has 2 aromatic carbocycles. The standard InChI is InChI=1S/C21H25N3O7S/c1-28-17-7-4-14(19(29-2)20(17)30-3)13-23-8-10-24(11-9-23)32(26,27)15-5-6-16-18(12-15)31-21(25)22-16/h4-7,12H,8-11,13H2,1-3H3,(H,22,25). The number of hydrogen-bond acceptors (Lipinski definition) is 8. The smallest absolute Gasteiger partial charge is 0.417 e. The van der Waals surface area contributed by atoms with Crippen molar-refractivity contribution in [2.45, 2.75) is 11.4 Å².